The Morgan fingerprint density at radius 3 is 1.96 bits per heavy atom. The first-order chi connectivity index (χ1) is 11.4. The molecule has 0 atom stereocenters. The normalized spacial score (nSPS) is 11.5. The largest absolute Gasteiger partial charge is 0.496 e. The number of carbonyl (C=O) groups excluding carboxylic acids is 1. The van der Waals surface area contributed by atoms with Crippen LogP contribution in [0, 0.1) is 0 Å². The summed E-state index contributed by atoms with van der Waals surface area (Å²) in [5, 5.41) is 0. The smallest absolute Gasteiger partial charge is 0.416 e. The second-order valence-corrected chi connectivity index (χ2v) is 4.85. The third-order valence-electron chi connectivity index (χ3n) is 3.34. The number of carbonyl (C=O) groups is 1. The monoisotopic (exact) mass is 336 g/mol. The van der Waals surface area contributed by atoms with E-state index in [-0.39, 0.29) is 11.3 Å². The molecule has 24 heavy (non-hydrogen) atoms. The van der Waals surface area contributed by atoms with Crippen LogP contribution in [0.2, 0.25) is 0 Å². The van der Waals surface area contributed by atoms with Gasteiger partial charge in [-0.2, -0.15) is 13.2 Å². The van der Waals surface area contributed by atoms with E-state index >= 15 is 0 Å². The lowest BCUT2D eigenvalue weighted by molar-refractivity contribution is -0.137. The molecule has 0 spiro atoms. The van der Waals surface area contributed by atoms with Crippen molar-refractivity contribution in [2.24, 2.45) is 0 Å². The van der Waals surface area contributed by atoms with E-state index in [4.69, 9.17) is 9.47 Å². The van der Waals surface area contributed by atoms with Crippen LogP contribution in [0.4, 0.5) is 13.2 Å². The van der Waals surface area contributed by atoms with E-state index in [1.54, 1.807) is 18.2 Å². The van der Waals surface area contributed by atoms with Crippen LogP contribution in [0.1, 0.15) is 21.5 Å². The SMILES string of the molecule is COc1cccc(OC)c1C(=O)/C=C/c1ccc(C(F)(F)F)cc1. The molecule has 0 aliphatic heterocycles. The molecule has 2 aromatic rings. The van der Waals surface area contributed by atoms with Gasteiger partial charge in [0.2, 0.25) is 0 Å². The van der Waals surface area contributed by atoms with E-state index in [9.17, 15) is 18.0 Å². The Kier molecular flexibility index (Phi) is 5.28. The summed E-state index contributed by atoms with van der Waals surface area (Å²) in [5.74, 6) is 0.344. The van der Waals surface area contributed by atoms with Gasteiger partial charge < -0.3 is 9.47 Å². The van der Waals surface area contributed by atoms with Crippen LogP contribution in [0.3, 0.4) is 0 Å². The molecular formula is C18H15F3O3. The summed E-state index contributed by atoms with van der Waals surface area (Å²) in [6.07, 6.45) is -1.68. The molecular weight excluding hydrogens is 321 g/mol. The van der Waals surface area contributed by atoms with Crippen LogP contribution in [0.15, 0.2) is 48.5 Å². The van der Waals surface area contributed by atoms with Crippen molar-refractivity contribution in [2.45, 2.75) is 6.18 Å². The van der Waals surface area contributed by atoms with Crippen molar-refractivity contribution in [2.75, 3.05) is 14.2 Å². The van der Waals surface area contributed by atoms with E-state index in [1.807, 2.05) is 0 Å². The number of halogens is 3. The van der Waals surface area contributed by atoms with Gasteiger partial charge in [-0.3, -0.25) is 4.79 Å². The van der Waals surface area contributed by atoms with Crippen LogP contribution in [0.25, 0.3) is 6.08 Å². The van der Waals surface area contributed by atoms with Crippen LogP contribution in [-0.4, -0.2) is 20.0 Å². The van der Waals surface area contributed by atoms with Crippen molar-refractivity contribution in [1.29, 1.82) is 0 Å². The number of ketones is 1. The first-order valence-corrected chi connectivity index (χ1v) is 6.97. The molecule has 0 aliphatic rings. The topological polar surface area (TPSA) is 35.5 Å². The summed E-state index contributed by atoms with van der Waals surface area (Å²) in [7, 11) is 2.87. The fourth-order valence-corrected chi connectivity index (χ4v) is 2.13. The van der Waals surface area contributed by atoms with Gasteiger partial charge in [0.05, 0.1) is 19.8 Å². The standard InChI is InChI=1S/C18H15F3O3/c1-23-15-4-3-5-16(24-2)17(15)14(22)11-8-12-6-9-13(10-7-12)18(19,20)21/h3-11H,1-2H3/b11-8+. The average Bonchev–Trinajstić information content (AvgIpc) is 2.58. The Morgan fingerprint density at radius 1 is 0.958 bits per heavy atom. The van der Waals surface area contributed by atoms with Crippen molar-refractivity contribution in [3.63, 3.8) is 0 Å². The molecule has 0 N–H and O–H groups in total. The number of allylic oxidation sites excluding steroid dienone is 1. The molecule has 3 nitrogen and oxygen atoms in total. The lowest BCUT2D eigenvalue weighted by Crippen LogP contribution is -2.04. The van der Waals surface area contributed by atoms with Crippen molar-refractivity contribution >= 4 is 11.9 Å². The highest BCUT2D eigenvalue weighted by molar-refractivity contribution is 6.10. The number of methoxy groups -OCH3 is 2. The maximum atomic E-state index is 12.5. The third kappa shape index (κ3) is 3.95. The molecule has 0 saturated heterocycles. The molecule has 6 heteroatoms. The summed E-state index contributed by atoms with van der Waals surface area (Å²) < 4.78 is 47.9. The second-order valence-electron chi connectivity index (χ2n) is 4.85. The predicted molar refractivity (Wildman–Crippen MR) is 84.4 cm³/mol. The fraction of sp³-hybridized carbons (Fsp3) is 0.167. The quantitative estimate of drug-likeness (QED) is 0.590. The van der Waals surface area contributed by atoms with Crippen LogP contribution < -0.4 is 9.47 Å². The van der Waals surface area contributed by atoms with Crippen molar-refractivity contribution in [3.8, 4) is 11.5 Å². The highest BCUT2D eigenvalue weighted by Crippen LogP contribution is 2.30. The minimum Gasteiger partial charge on any atom is -0.496 e. The third-order valence-corrected chi connectivity index (χ3v) is 3.34. The Balaban J connectivity index is 2.25. The molecule has 0 heterocycles. The zero-order chi connectivity index (χ0) is 17.7. The first kappa shape index (κ1) is 17.6. The zero-order valence-electron chi connectivity index (χ0n) is 13.1. The van der Waals surface area contributed by atoms with Crippen LogP contribution in [-0.2, 0) is 6.18 Å². The van der Waals surface area contributed by atoms with Gasteiger partial charge in [-0.05, 0) is 35.9 Å². The summed E-state index contributed by atoms with van der Waals surface area (Å²) in [4.78, 5) is 12.4. The summed E-state index contributed by atoms with van der Waals surface area (Å²) in [5.41, 5.74) is -0.00625. The number of ether oxygens (including phenoxy) is 2. The van der Waals surface area contributed by atoms with Crippen molar-refractivity contribution in [1.82, 2.24) is 0 Å². The first-order valence-electron chi connectivity index (χ1n) is 6.97. The lowest BCUT2D eigenvalue weighted by atomic mass is 10.1. The summed E-state index contributed by atoms with van der Waals surface area (Å²) >= 11 is 0. The molecule has 2 rings (SSSR count). The van der Waals surface area contributed by atoms with Gasteiger partial charge in [0, 0.05) is 0 Å². The number of hydrogen-bond acceptors (Lipinski definition) is 3. The molecule has 0 amide bonds. The van der Waals surface area contributed by atoms with Crippen molar-refractivity contribution in [3.05, 3.63) is 65.2 Å². The molecule has 126 valence electrons. The maximum absolute atomic E-state index is 12.5. The lowest BCUT2D eigenvalue weighted by Gasteiger charge is -2.10. The van der Waals surface area contributed by atoms with Crippen LogP contribution >= 0.6 is 0 Å². The Bertz CT molecular complexity index is 725. The van der Waals surface area contributed by atoms with E-state index in [0.29, 0.717) is 17.1 Å². The molecule has 0 saturated carbocycles. The van der Waals surface area contributed by atoms with Gasteiger partial charge in [0.1, 0.15) is 17.1 Å². The molecule has 0 aliphatic carbocycles. The van der Waals surface area contributed by atoms with E-state index < -0.39 is 11.7 Å². The van der Waals surface area contributed by atoms with Gasteiger partial charge in [-0.1, -0.05) is 24.3 Å². The fourth-order valence-electron chi connectivity index (χ4n) is 2.13. The number of hydrogen-bond donors (Lipinski definition) is 0. The number of rotatable bonds is 5. The highest BCUT2D eigenvalue weighted by atomic mass is 19.4. The van der Waals surface area contributed by atoms with Gasteiger partial charge in [0.15, 0.2) is 5.78 Å². The molecule has 0 bridgehead atoms. The number of alkyl halides is 3. The van der Waals surface area contributed by atoms with E-state index in [2.05, 4.69) is 0 Å². The number of benzene rings is 2. The van der Waals surface area contributed by atoms with Gasteiger partial charge in [0.25, 0.3) is 0 Å². The predicted octanol–water partition coefficient (Wildman–Crippen LogP) is 4.62. The summed E-state index contributed by atoms with van der Waals surface area (Å²) in [6.45, 7) is 0. The van der Waals surface area contributed by atoms with E-state index in [1.165, 1.54) is 38.5 Å². The minimum absolute atomic E-state index is 0.255. The molecule has 2 aromatic carbocycles. The Hall–Kier alpha value is -2.76. The molecule has 0 fully saturated rings. The van der Waals surface area contributed by atoms with Gasteiger partial charge >= 0.3 is 6.18 Å². The second kappa shape index (κ2) is 7.21. The molecule has 0 unspecified atom stereocenters. The van der Waals surface area contributed by atoms with E-state index in [0.717, 1.165) is 12.1 Å². The molecule has 0 aromatic heterocycles. The summed E-state index contributed by atoms with van der Waals surface area (Å²) in [6, 6.07) is 9.47. The maximum Gasteiger partial charge on any atom is 0.416 e. The Labute approximate surface area is 137 Å². The van der Waals surface area contributed by atoms with Crippen molar-refractivity contribution < 1.29 is 27.4 Å². The highest BCUT2D eigenvalue weighted by Gasteiger charge is 2.29. The van der Waals surface area contributed by atoms with Gasteiger partial charge in [-0.25, -0.2) is 0 Å². The van der Waals surface area contributed by atoms with Crippen LogP contribution in [0.5, 0.6) is 11.5 Å². The zero-order valence-corrected chi connectivity index (χ0v) is 13.1. The molecule has 0 radical (unpaired) electrons. The average molecular weight is 336 g/mol. The minimum atomic E-state index is -4.39. The Morgan fingerprint density at radius 2 is 1.50 bits per heavy atom. The van der Waals surface area contributed by atoms with Gasteiger partial charge in [-0.15, -0.1) is 0 Å².